The molecule has 112 valence electrons. The minimum absolute atomic E-state index is 0.518. The lowest BCUT2D eigenvalue weighted by molar-refractivity contribution is 0.417. The Balaban J connectivity index is 1.62. The summed E-state index contributed by atoms with van der Waals surface area (Å²) in [6.07, 6.45) is 0. The van der Waals surface area contributed by atoms with E-state index in [1.807, 2.05) is 54.6 Å². The van der Waals surface area contributed by atoms with Crippen molar-refractivity contribution in [2.24, 2.45) is 0 Å². The lowest BCUT2D eigenvalue weighted by atomic mass is 10.2. The van der Waals surface area contributed by atoms with Crippen LogP contribution in [0.4, 0.5) is 5.69 Å². The minimum Gasteiger partial charge on any atom is -0.495 e. The fraction of sp³-hybridized carbons (Fsp3) is 0.118. The zero-order chi connectivity index (χ0) is 15.4. The fourth-order valence-electron chi connectivity index (χ4n) is 2.21. The number of para-hydroxylation sites is 3. The standard InChI is InChI=1S/C17H16N2O2S/c1-20-16-9-5-3-7-14(16)19-17(22)18-11-13-10-12-6-2-4-8-15(12)21-13/h2-10H,11H2,1H3,(H2,18,19,22). The van der Waals surface area contributed by atoms with Crippen molar-refractivity contribution in [3.8, 4) is 5.75 Å². The molecule has 22 heavy (non-hydrogen) atoms. The summed E-state index contributed by atoms with van der Waals surface area (Å²) in [4.78, 5) is 0. The largest absolute Gasteiger partial charge is 0.495 e. The summed E-state index contributed by atoms with van der Waals surface area (Å²) in [5.74, 6) is 1.58. The molecule has 0 unspecified atom stereocenters. The van der Waals surface area contributed by atoms with Crippen molar-refractivity contribution < 1.29 is 9.15 Å². The van der Waals surface area contributed by atoms with Crippen LogP contribution < -0.4 is 15.4 Å². The van der Waals surface area contributed by atoms with Gasteiger partial charge in [-0.3, -0.25) is 0 Å². The highest BCUT2D eigenvalue weighted by Gasteiger charge is 2.06. The maximum absolute atomic E-state index is 5.74. The molecule has 0 atom stereocenters. The molecule has 0 saturated heterocycles. The van der Waals surface area contributed by atoms with E-state index in [1.54, 1.807) is 7.11 Å². The van der Waals surface area contributed by atoms with Crippen LogP contribution in [0.25, 0.3) is 11.0 Å². The Bertz CT molecular complexity index is 765. The molecular formula is C17H16N2O2S. The number of anilines is 1. The maximum Gasteiger partial charge on any atom is 0.171 e. The second-order valence-electron chi connectivity index (χ2n) is 4.76. The molecule has 4 nitrogen and oxygen atoms in total. The molecule has 0 aliphatic rings. The molecule has 0 saturated carbocycles. The molecule has 0 bridgehead atoms. The zero-order valence-electron chi connectivity index (χ0n) is 12.1. The molecular weight excluding hydrogens is 296 g/mol. The Morgan fingerprint density at radius 1 is 1.14 bits per heavy atom. The fourth-order valence-corrected chi connectivity index (χ4v) is 2.39. The van der Waals surface area contributed by atoms with Crippen LogP contribution in [-0.4, -0.2) is 12.2 Å². The van der Waals surface area contributed by atoms with Gasteiger partial charge in [0.05, 0.1) is 19.3 Å². The van der Waals surface area contributed by atoms with Crippen molar-refractivity contribution in [1.82, 2.24) is 5.32 Å². The van der Waals surface area contributed by atoms with Crippen LogP contribution in [0, 0.1) is 0 Å². The normalized spacial score (nSPS) is 10.4. The van der Waals surface area contributed by atoms with Gasteiger partial charge < -0.3 is 19.8 Å². The maximum atomic E-state index is 5.74. The highest BCUT2D eigenvalue weighted by molar-refractivity contribution is 7.80. The van der Waals surface area contributed by atoms with Crippen LogP contribution in [0.2, 0.25) is 0 Å². The Hall–Kier alpha value is -2.53. The topological polar surface area (TPSA) is 46.4 Å². The second kappa shape index (κ2) is 6.49. The summed E-state index contributed by atoms with van der Waals surface area (Å²) in [5, 5.41) is 7.85. The molecule has 0 spiro atoms. The van der Waals surface area contributed by atoms with Gasteiger partial charge in [0.15, 0.2) is 5.11 Å². The van der Waals surface area contributed by atoms with Gasteiger partial charge in [-0.1, -0.05) is 30.3 Å². The molecule has 0 aliphatic carbocycles. The average Bonchev–Trinajstić information content (AvgIpc) is 2.96. The summed E-state index contributed by atoms with van der Waals surface area (Å²) >= 11 is 5.30. The number of ether oxygens (including phenoxy) is 1. The number of rotatable bonds is 4. The van der Waals surface area contributed by atoms with E-state index >= 15 is 0 Å². The molecule has 2 N–H and O–H groups in total. The molecule has 0 fully saturated rings. The summed E-state index contributed by atoms with van der Waals surface area (Å²) in [6.45, 7) is 0.523. The third-order valence-electron chi connectivity index (χ3n) is 3.25. The van der Waals surface area contributed by atoms with Gasteiger partial charge in [-0.25, -0.2) is 0 Å². The highest BCUT2D eigenvalue weighted by atomic mass is 32.1. The van der Waals surface area contributed by atoms with Gasteiger partial charge in [0.1, 0.15) is 17.1 Å². The number of nitrogens with one attached hydrogen (secondary N) is 2. The van der Waals surface area contributed by atoms with E-state index in [-0.39, 0.29) is 0 Å². The molecule has 0 radical (unpaired) electrons. The number of hydrogen-bond acceptors (Lipinski definition) is 3. The van der Waals surface area contributed by atoms with Crippen LogP contribution in [-0.2, 0) is 6.54 Å². The van der Waals surface area contributed by atoms with Crippen LogP contribution in [0.15, 0.2) is 59.0 Å². The average molecular weight is 312 g/mol. The quantitative estimate of drug-likeness (QED) is 0.715. The van der Waals surface area contributed by atoms with E-state index < -0.39 is 0 Å². The first-order chi connectivity index (χ1) is 10.8. The number of hydrogen-bond donors (Lipinski definition) is 2. The summed E-state index contributed by atoms with van der Waals surface area (Å²) in [7, 11) is 1.63. The predicted octanol–water partition coefficient (Wildman–Crippen LogP) is 3.93. The van der Waals surface area contributed by atoms with Gasteiger partial charge in [-0.15, -0.1) is 0 Å². The van der Waals surface area contributed by atoms with Crippen molar-refractivity contribution in [2.45, 2.75) is 6.54 Å². The Morgan fingerprint density at radius 3 is 2.73 bits per heavy atom. The first-order valence-electron chi connectivity index (χ1n) is 6.91. The second-order valence-corrected chi connectivity index (χ2v) is 5.17. The highest BCUT2D eigenvalue weighted by Crippen LogP contribution is 2.23. The molecule has 2 aromatic carbocycles. The van der Waals surface area contributed by atoms with Gasteiger partial charge in [-0.05, 0) is 36.5 Å². The van der Waals surface area contributed by atoms with E-state index in [9.17, 15) is 0 Å². The molecule has 1 aromatic heterocycles. The number of fused-ring (bicyclic) bond motifs is 1. The molecule has 5 heteroatoms. The van der Waals surface area contributed by atoms with Gasteiger partial charge in [-0.2, -0.15) is 0 Å². The first-order valence-corrected chi connectivity index (χ1v) is 7.32. The van der Waals surface area contributed by atoms with Gasteiger partial charge in [0.2, 0.25) is 0 Å². The SMILES string of the molecule is COc1ccccc1NC(=S)NCc1cc2ccccc2o1. The molecule has 3 aromatic rings. The monoisotopic (exact) mass is 312 g/mol. The van der Waals surface area contributed by atoms with Crippen molar-refractivity contribution >= 4 is 34.0 Å². The van der Waals surface area contributed by atoms with Gasteiger partial charge in [0, 0.05) is 5.39 Å². The van der Waals surface area contributed by atoms with Gasteiger partial charge in [0.25, 0.3) is 0 Å². The molecule has 0 amide bonds. The lowest BCUT2D eigenvalue weighted by Crippen LogP contribution is -2.27. The predicted molar refractivity (Wildman–Crippen MR) is 92.3 cm³/mol. The van der Waals surface area contributed by atoms with Crippen LogP contribution in [0.1, 0.15) is 5.76 Å². The zero-order valence-corrected chi connectivity index (χ0v) is 12.9. The molecule has 3 rings (SSSR count). The van der Waals surface area contributed by atoms with E-state index in [2.05, 4.69) is 10.6 Å². The summed E-state index contributed by atoms with van der Waals surface area (Å²) < 4.78 is 11.0. The summed E-state index contributed by atoms with van der Waals surface area (Å²) in [5.41, 5.74) is 1.70. The van der Waals surface area contributed by atoms with Crippen molar-refractivity contribution in [2.75, 3.05) is 12.4 Å². The van der Waals surface area contributed by atoms with Crippen molar-refractivity contribution in [1.29, 1.82) is 0 Å². The third kappa shape index (κ3) is 3.20. The Labute approximate surface area is 134 Å². The summed E-state index contributed by atoms with van der Waals surface area (Å²) in [6, 6.07) is 17.5. The number of furan rings is 1. The minimum atomic E-state index is 0.518. The Kier molecular flexibility index (Phi) is 4.25. The number of benzene rings is 2. The van der Waals surface area contributed by atoms with E-state index in [4.69, 9.17) is 21.4 Å². The van der Waals surface area contributed by atoms with Crippen molar-refractivity contribution in [3.05, 3.63) is 60.4 Å². The molecule has 0 aliphatic heterocycles. The lowest BCUT2D eigenvalue weighted by Gasteiger charge is -2.12. The smallest absolute Gasteiger partial charge is 0.171 e. The molecule has 1 heterocycles. The number of thiocarbonyl (C=S) groups is 1. The van der Waals surface area contributed by atoms with Crippen LogP contribution in [0.5, 0.6) is 5.75 Å². The van der Waals surface area contributed by atoms with E-state index in [1.165, 1.54) is 0 Å². The van der Waals surface area contributed by atoms with E-state index in [0.29, 0.717) is 11.7 Å². The van der Waals surface area contributed by atoms with Gasteiger partial charge >= 0.3 is 0 Å². The van der Waals surface area contributed by atoms with Crippen LogP contribution in [0.3, 0.4) is 0 Å². The van der Waals surface area contributed by atoms with Crippen LogP contribution >= 0.6 is 12.2 Å². The third-order valence-corrected chi connectivity index (χ3v) is 3.50. The first kappa shape index (κ1) is 14.4. The van der Waals surface area contributed by atoms with Crippen molar-refractivity contribution in [3.63, 3.8) is 0 Å². The Morgan fingerprint density at radius 2 is 1.91 bits per heavy atom. The number of methoxy groups -OCH3 is 1. The van der Waals surface area contributed by atoms with E-state index in [0.717, 1.165) is 28.2 Å².